The van der Waals surface area contributed by atoms with Crippen molar-refractivity contribution in [2.24, 2.45) is 0 Å². The molecule has 0 radical (unpaired) electrons. The van der Waals surface area contributed by atoms with Crippen molar-refractivity contribution < 1.29 is 13.2 Å². The van der Waals surface area contributed by atoms with Gasteiger partial charge in [0.25, 0.3) is 0 Å². The zero-order valence-electron chi connectivity index (χ0n) is 8.05. The molecule has 0 spiro atoms. The van der Waals surface area contributed by atoms with Gasteiger partial charge in [-0.3, -0.25) is 4.98 Å². The van der Waals surface area contributed by atoms with Gasteiger partial charge in [-0.15, -0.1) is 0 Å². The van der Waals surface area contributed by atoms with Crippen molar-refractivity contribution in [3.8, 4) is 11.3 Å². The number of hydrogen-bond acceptors (Lipinski definition) is 2. The van der Waals surface area contributed by atoms with Crippen molar-refractivity contribution in [3.63, 3.8) is 0 Å². The van der Waals surface area contributed by atoms with E-state index in [0.717, 1.165) is 12.1 Å². The van der Waals surface area contributed by atoms with Crippen molar-refractivity contribution >= 4 is 5.69 Å². The van der Waals surface area contributed by atoms with E-state index in [1.54, 1.807) is 0 Å². The molecular weight excluding hydrogens is 217 g/mol. The second-order valence-electron chi connectivity index (χ2n) is 3.20. The number of benzene rings is 1. The maximum atomic E-state index is 13.4. The molecule has 0 aliphatic heterocycles. The largest absolute Gasteiger partial charge is 0.397 e. The lowest BCUT2D eigenvalue weighted by molar-refractivity contribution is 0.449. The molecule has 2 rings (SSSR count). The summed E-state index contributed by atoms with van der Waals surface area (Å²) in [5.74, 6) is -3.98. The minimum Gasteiger partial charge on any atom is -0.397 e. The van der Waals surface area contributed by atoms with E-state index >= 15 is 0 Å². The first kappa shape index (κ1) is 10.5. The summed E-state index contributed by atoms with van der Waals surface area (Å²) in [5.41, 5.74) is 5.92. The summed E-state index contributed by atoms with van der Waals surface area (Å²) in [6.45, 7) is 0. The maximum absolute atomic E-state index is 13.4. The predicted octanol–water partition coefficient (Wildman–Crippen LogP) is 2.75. The monoisotopic (exact) mass is 224 g/mol. The minimum atomic E-state index is -1.50. The van der Waals surface area contributed by atoms with Gasteiger partial charge in [-0.1, -0.05) is 0 Å². The van der Waals surface area contributed by atoms with Gasteiger partial charge in [0.15, 0.2) is 17.5 Å². The molecular formula is C11H7F3N2. The lowest BCUT2D eigenvalue weighted by Crippen LogP contribution is -1.96. The van der Waals surface area contributed by atoms with Gasteiger partial charge in [0, 0.05) is 5.56 Å². The highest BCUT2D eigenvalue weighted by Crippen LogP contribution is 2.24. The van der Waals surface area contributed by atoms with E-state index in [1.807, 2.05) is 0 Å². The van der Waals surface area contributed by atoms with Crippen molar-refractivity contribution in [1.82, 2.24) is 4.98 Å². The highest BCUT2D eigenvalue weighted by Gasteiger charge is 2.15. The van der Waals surface area contributed by atoms with Crippen molar-refractivity contribution in [3.05, 3.63) is 47.9 Å². The normalized spacial score (nSPS) is 10.4. The van der Waals surface area contributed by atoms with Crippen LogP contribution in [0, 0.1) is 17.5 Å². The van der Waals surface area contributed by atoms with Gasteiger partial charge in [0.2, 0.25) is 0 Å². The Balaban J connectivity index is 2.57. The molecule has 2 nitrogen and oxygen atoms in total. The summed E-state index contributed by atoms with van der Waals surface area (Å²) in [7, 11) is 0. The molecule has 2 aromatic rings. The van der Waals surface area contributed by atoms with Gasteiger partial charge in [0.1, 0.15) is 0 Å². The molecule has 2 N–H and O–H groups in total. The number of anilines is 1. The molecule has 0 amide bonds. The lowest BCUT2D eigenvalue weighted by atomic mass is 10.1. The van der Waals surface area contributed by atoms with Gasteiger partial charge in [-0.25, -0.2) is 13.2 Å². The zero-order valence-corrected chi connectivity index (χ0v) is 8.05. The molecule has 1 aromatic heterocycles. The standard InChI is InChI=1S/C11H7F3N2/c12-8-3-2-7(10(13)11(8)14)9-4-1-6(15)5-16-9/h1-5H,15H2. The van der Waals surface area contributed by atoms with Crippen molar-refractivity contribution in [2.75, 3.05) is 5.73 Å². The van der Waals surface area contributed by atoms with Crippen LogP contribution in [0.2, 0.25) is 0 Å². The molecule has 0 aliphatic carbocycles. The van der Waals surface area contributed by atoms with E-state index in [-0.39, 0.29) is 11.3 Å². The van der Waals surface area contributed by atoms with Crippen molar-refractivity contribution in [1.29, 1.82) is 0 Å². The van der Waals surface area contributed by atoms with Crippen LogP contribution in [-0.4, -0.2) is 4.98 Å². The predicted molar refractivity (Wildman–Crippen MR) is 54.0 cm³/mol. The average molecular weight is 224 g/mol. The SMILES string of the molecule is Nc1ccc(-c2ccc(F)c(F)c2F)nc1. The molecule has 0 fully saturated rings. The Morgan fingerprint density at radius 2 is 1.69 bits per heavy atom. The number of nitrogen functional groups attached to an aromatic ring is 1. The first-order chi connectivity index (χ1) is 7.59. The van der Waals surface area contributed by atoms with Crippen LogP contribution in [0.5, 0.6) is 0 Å². The highest BCUT2D eigenvalue weighted by atomic mass is 19.2. The minimum absolute atomic E-state index is 0.0982. The van der Waals surface area contributed by atoms with Crippen molar-refractivity contribution in [2.45, 2.75) is 0 Å². The highest BCUT2D eigenvalue weighted by molar-refractivity contribution is 5.61. The molecule has 0 atom stereocenters. The maximum Gasteiger partial charge on any atom is 0.195 e. The van der Waals surface area contributed by atoms with Crippen LogP contribution in [0.1, 0.15) is 0 Å². The fourth-order valence-electron chi connectivity index (χ4n) is 1.29. The Kier molecular flexibility index (Phi) is 2.52. The van der Waals surface area contributed by atoms with E-state index in [4.69, 9.17) is 5.73 Å². The molecule has 0 aliphatic rings. The molecule has 82 valence electrons. The van der Waals surface area contributed by atoms with Crippen LogP contribution in [0.4, 0.5) is 18.9 Å². The first-order valence-corrected chi connectivity index (χ1v) is 4.45. The summed E-state index contributed by atoms with van der Waals surface area (Å²) in [5, 5.41) is 0. The number of nitrogens with two attached hydrogens (primary N) is 1. The number of halogens is 3. The molecule has 16 heavy (non-hydrogen) atoms. The van der Waals surface area contributed by atoms with Gasteiger partial charge in [0.05, 0.1) is 17.6 Å². The molecule has 1 aromatic carbocycles. The van der Waals surface area contributed by atoms with Gasteiger partial charge in [-0.2, -0.15) is 0 Å². The molecule has 0 unspecified atom stereocenters. The number of aromatic nitrogens is 1. The zero-order chi connectivity index (χ0) is 11.7. The number of pyridine rings is 1. The van der Waals surface area contributed by atoms with E-state index < -0.39 is 17.5 Å². The average Bonchev–Trinajstić information content (AvgIpc) is 2.28. The van der Waals surface area contributed by atoms with Crippen LogP contribution < -0.4 is 5.73 Å². The Labute approximate surface area is 89.5 Å². The molecule has 0 saturated heterocycles. The smallest absolute Gasteiger partial charge is 0.195 e. The Morgan fingerprint density at radius 3 is 2.31 bits per heavy atom. The summed E-state index contributed by atoms with van der Waals surface area (Å²) >= 11 is 0. The van der Waals surface area contributed by atoms with E-state index in [0.29, 0.717) is 5.69 Å². The van der Waals surface area contributed by atoms with Crippen LogP contribution in [-0.2, 0) is 0 Å². The van der Waals surface area contributed by atoms with E-state index in [1.165, 1.54) is 18.3 Å². The Hall–Kier alpha value is -2.04. The lowest BCUT2D eigenvalue weighted by Gasteiger charge is -2.04. The quantitative estimate of drug-likeness (QED) is 0.756. The second-order valence-corrected chi connectivity index (χ2v) is 3.20. The third-order valence-electron chi connectivity index (χ3n) is 2.10. The topological polar surface area (TPSA) is 38.9 Å². The fraction of sp³-hybridized carbons (Fsp3) is 0. The summed E-state index contributed by atoms with van der Waals surface area (Å²) in [4.78, 5) is 3.83. The third kappa shape index (κ3) is 1.71. The molecule has 0 saturated carbocycles. The summed E-state index contributed by atoms with van der Waals surface area (Å²) in [6.07, 6.45) is 1.32. The van der Waals surface area contributed by atoms with Gasteiger partial charge >= 0.3 is 0 Å². The second kappa shape index (κ2) is 3.84. The number of rotatable bonds is 1. The van der Waals surface area contributed by atoms with E-state index in [2.05, 4.69) is 4.98 Å². The third-order valence-corrected chi connectivity index (χ3v) is 2.10. The number of hydrogen-bond donors (Lipinski definition) is 1. The molecule has 0 bridgehead atoms. The van der Waals surface area contributed by atoms with Gasteiger partial charge in [-0.05, 0) is 24.3 Å². The Morgan fingerprint density at radius 1 is 0.938 bits per heavy atom. The first-order valence-electron chi connectivity index (χ1n) is 4.45. The van der Waals surface area contributed by atoms with Crippen LogP contribution in [0.3, 0.4) is 0 Å². The van der Waals surface area contributed by atoms with Crippen LogP contribution >= 0.6 is 0 Å². The van der Waals surface area contributed by atoms with Gasteiger partial charge < -0.3 is 5.73 Å². The van der Waals surface area contributed by atoms with Crippen LogP contribution in [0.15, 0.2) is 30.5 Å². The van der Waals surface area contributed by atoms with E-state index in [9.17, 15) is 13.2 Å². The van der Waals surface area contributed by atoms with Crippen LogP contribution in [0.25, 0.3) is 11.3 Å². The summed E-state index contributed by atoms with van der Waals surface area (Å²) < 4.78 is 39.0. The Bertz CT molecular complexity index is 523. The molecule has 5 heteroatoms. The molecule has 1 heterocycles. The summed E-state index contributed by atoms with van der Waals surface area (Å²) in [6, 6.07) is 4.92. The fourth-order valence-corrected chi connectivity index (χ4v) is 1.29. The number of nitrogens with zero attached hydrogens (tertiary/aromatic N) is 1.